The number of carbonyl (C=O) groups excluding carboxylic acids is 1. The Hall–Kier alpha value is -5.43. The van der Waals surface area contributed by atoms with Gasteiger partial charge in [-0.3, -0.25) is 14.8 Å². The molecule has 0 aliphatic carbocycles. The molecule has 0 fully saturated rings. The van der Waals surface area contributed by atoms with Crippen molar-refractivity contribution in [1.29, 1.82) is 0 Å². The second-order valence-electron chi connectivity index (χ2n) is 9.10. The summed E-state index contributed by atoms with van der Waals surface area (Å²) in [6, 6.07) is 15.2. The van der Waals surface area contributed by atoms with Crippen molar-refractivity contribution in [3.63, 3.8) is 0 Å². The van der Waals surface area contributed by atoms with E-state index in [9.17, 15) is 9.59 Å². The van der Waals surface area contributed by atoms with E-state index < -0.39 is 12.1 Å². The zero-order chi connectivity index (χ0) is 29.5. The lowest BCUT2D eigenvalue weighted by Crippen LogP contribution is -2.29. The van der Waals surface area contributed by atoms with E-state index in [0.717, 1.165) is 16.8 Å². The maximum absolute atomic E-state index is 13.2. The smallest absolute Gasteiger partial charge is 0.409 e. The fourth-order valence-electron chi connectivity index (χ4n) is 4.23. The van der Waals surface area contributed by atoms with Crippen molar-refractivity contribution in [3.05, 3.63) is 101 Å². The summed E-state index contributed by atoms with van der Waals surface area (Å²) in [5.41, 5.74) is 4.60. The largest absolute Gasteiger partial charge is 0.465 e. The van der Waals surface area contributed by atoms with Gasteiger partial charge in [-0.1, -0.05) is 23.7 Å². The van der Waals surface area contributed by atoms with Crippen molar-refractivity contribution in [2.24, 2.45) is 0 Å². The molecule has 0 radical (unpaired) electrons. The molecule has 3 aromatic heterocycles. The number of amides is 2. The molecule has 0 saturated heterocycles. The van der Waals surface area contributed by atoms with Gasteiger partial charge >= 0.3 is 6.09 Å². The molecule has 212 valence electrons. The number of hydrogen-bond acceptors (Lipinski definition) is 8. The van der Waals surface area contributed by atoms with E-state index in [1.165, 1.54) is 17.1 Å². The standard InChI is InChI=1S/C28H25ClN10O3/c1-2-38-12-11-23(35-38)15-24(25-14-20(16-30-34-25)18-3-7-22(8-4-18)32-28(41)42)33-27(40)10-5-19-13-21(29)6-9-26(19)39-17-31-36-37-39/h3-14,16-17,24,32H,2,15H2,1H3,(H,33,40)(H,41,42). The maximum atomic E-state index is 13.2. The average molecular weight is 585 g/mol. The highest BCUT2D eigenvalue weighted by molar-refractivity contribution is 6.30. The Morgan fingerprint density at radius 2 is 1.90 bits per heavy atom. The summed E-state index contributed by atoms with van der Waals surface area (Å²) in [7, 11) is 0. The summed E-state index contributed by atoms with van der Waals surface area (Å²) < 4.78 is 3.29. The zero-order valence-electron chi connectivity index (χ0n) is 22.3. The Morgan fingerprint density at radius 3 is 2.62 bits per heavy atom. The third-order valence-electron chi connectivity index (χ3n) is 6.25. The van der Waals surface area contributed by atoms with Crippen LogP contribution < -0.4 is 10.6 Å². The van der Waals surface area contributed by atoms with Crippen LogP contribution in [0.2, 0.25) is 5.02 Å². The van der Waals surface area contributed by atoms with Gasteiger partial charge in [-0.15, -0.1) is 5.10 Å². The number of benzene rings is 2. The lowest BCUT2D eigenvalue weighted by atomic mass is 10.0. The molecule has 0 spiro atoms. The average Bonchev–Trinajstić information content (AvgIpc) is 3.69. The summed E-state index contributed by atoms with van der Waals surface area (Å²) >= 11 is 6.21. The minimum absolute atomic E-state index is 0.367. The van der Waals surface area contributed by atoms with Crippen molar-refractivity contribution in [2.75, 3.05) is 5.32 Å². The number of nitrogens with one attached hydrogen (secondary N) is 2. The predicted molar refractivity (Wildman–Crippen MR) is 155 cm³/mol. The molecule has 3 heterocycles. The van der Waals surface area contributed by atoms with E-state index in [2.05, 4.69) is 41.5 Å². The van der Waals surface area contributed by atoms with Crippen LogP contribution >= 0.6 is 11.6 Å². The number of anilines is 1. The molecular weight excluding hydrogens is 560 g/mol. The highest BCUT2D eigenvalue weighted by Gasteiger charge is 2.19. The lowest BCUT2D eigenvalue weighted by molar-refractivity contribution is -0.117. The van der Waals surface area contributed by atoms with Crippen molar-refractivity contribution >= 4 is 35.4 Å². The van der Waals surface area contributed by atoms with Crippen molar-refractivity contribution in [3.8, 4) is 16.8 Å². The van der Waals surface area contributed by atoms with Crippen LogP contribution in [-0.4, -0.2) is 57.3 Å². The van der Waals surface area contributed by atoms with Gasteiger partial charge in [-0.2, -0.15) is 20.0 Å². The van der Waals surface area contributed by atoms with E-state index in [1.807, 2.05) is 29.9 Å². The molecule has 13 nitrogen and oxygen atoms in total. The molecule has 0 aliphatic rings. The first-order chi connectivity index (χ1) is 20.4. The Balaban J connectivity index is 1.41. The van der Waals surface area contributed by atoms with Crippen LogP contribution in [0.3, 0.4) is 0 Å². The van der Waals surface area contributed by atoms with Gasteiger partial charge < -0.3 is 10.4 Å². The van der Waals surface area contributed by atoms with Crippen LogP contribution in [-0.2, 0) is 17.8 Å². The summed E-state index contributed by atoms with van der Waals surface area (Å²) in [4.78, 5) is 24.1. The number of carbonyl (C=O) groups is 2. The van der Waals surface area contributed by atoms with Gasteiger partial charge in [0.1, 0.15) is 6.33 Å². The highest BCUT2D eigenvalue weighted by Crippen LogP contribution is 2.25. The quantitative estimate of drug-likeness (QED) is 0.204. The molecule has 1 atom stereocenters. The fourth-order valence-corrected chi connectivity index (χ4v) is 4.41. The number of hydrogen-bond donors (Lipinski definition) is 3. The Morgan fingerprint density at radius 1 is 1.07 bits per heavy atom. The van der Waals surface area contributed by atoms with Crippen LogP contribution in [0.1, 0.15) is 29.9 Å². The number of nitrogens with zero attached hydrogens (tertiary/aromatic N) is 8. The zero-order valence-corrected chi connectivity index (χ0v) is 23.0. The van der Waals surface area contributed by atoms with Crippen LogP contribution in [0.5, 0.6) is 0 Å². The number of aromatic nitrogens is 8. The first-order valence-electron chi connectivity index (χ1n) is 12.8. The van der Waals surface area contributed by atoms with Crippen LogP contribution in [0.15, 0.2) is 79.4 Å². The molecular formula is C28H25ClN10O3. The predicted octanol–water partition coefficient (Wildman–Crippen LogP) is 4.19. The Labute approximate surface area is 244 Å². The Bertz CT molecular complexity index is 1720. The third-order valence-corrected chi connectivity index (χ3v) is 6.48. The molecule has 0 aliphatic heterocycles. The van der Waals surface area contributed by atoms with Gasteiger partial charge in [0.05, 0.1) is 29.3 Å². The molecule has 0 bridgehead atoms. The van der Waals surface area contributed by atoms with Crippen molar-refractivity contribution < 1.29 is 14.7 Å². The molecule has 42 heavy (non-hydrogen) atoms. The van der Waals surface area contributed by atoms with Crippen molar-refractivity contribution in [2.45, 2.75) is 25.9 Å². The minimum Gasteiger partial charge on any atom is -0.465 e. The van der Waals surface area contributed by atoms with Gasteiger partial charge in [0.25, 0.3) is 0 Å². The molecule has 3 N–H and O–H groups in total. The van der Waals surface area contributed by atoms with Crippen LogP contribution in [0.25, 0.3) is 22.9 Å². The lowest BCUT2D eigenvalue weighted by Gasteiger charge is -2.17. The number of halogens is 1. The SMILES string of the molecule is CCn1ccc(CC(NC(=O)C=Cc2cc(Cl)ccc2-n2cnnn2)c2cc(-c3ccc(NC(=O)O)cc3)cnn2)n1. The summed E-state index contributed by atoms with van der Waals surface area (Å²) in [6.07, 6.45) is 7.21. The molecule has 1 unspecified atom stereocenters. The van der Waals surface area contributed by atoms with E-state index in [0.29, 0.717) is 40.6 Å². The minimum atomic E-state index is -1.14. The van der Waals surface area contributed by atoms with E-state index >= 15 is 0 Å². The van der Waals surface area contributed by atoms with E-state index in [-0.39, 0.29) is 5.91 Å². The van der Waals surface area contributed by atoms with Gasteiger partial charge in [-0.25, -0.2) is 4.79 Å². The van der Waals surface area contributed by atoms with Crippen LogP contribution in [0.4, 0.5) is 10.5 Å². The summed E-state index contributed by atoms with van der Waals surface area (Å²) in [5, 5.41) is 39.1. The molecule has 5 aromatic rings. The van der Waals surface area contributed by atoms with Gasteiger partial charge in [0.15, 0.2) is 0 Å². The Kier molecular flexibility index (Phi) is 8.58. The molecule has 5 rings (SSSR count). The number of aryl methyl sites for hydroxylation is 1. The van der Waals surface area contributed by atoms with Gasteiger partial charge in [0.2, 0.25) is 5.91 Å². The normalized spacial score (nSPS) is 11.9. The number of tetrazole rings is 1. The first-order valence-corrected chi connectivity index (χ1v) is 13.2. The summed E-state index contributed by atoms with van der Waals surface area (Å²) in [6.45, 7) is 2.71. The number of carboxylic acid groups (broad SMARTS) is 1. The maximum Gasteiger partial charge on any atom is 0.409 e. The molecule has 14 heteroatoms. The number of rotatable bonds is 10. The molecule has 0 saturated carbocycles. The van der Waals surface area contributed by atoms with Gasteiger partial charge in [0, 0.05) is 47.1 Å². The van der Waals surface area contributed by atoms with Crippen LogP contribution in [0, 0.1) is 0 Å². The third kappa shape index (κ3) is 7.01. The first kappa shape index (κ1) is 28.1. The molecule has 2 aromatic carbocycles. The monoisotopic (exact) mass is 584 g/mol. The summed E-state index contributed by atoms with van der Waals surface area (Å²) in [5.74, 6) is -0.367. The molecule has 2 amide bonds. The second-order valence-corrected chi connectivity index (χ2v) is 9.53. The topological polar surface area (TPSA) is 166 Å². The highest BCUT2D eigenvalue weighted by atomic mass is 35.5. The van der Waals surface area contributed by atoms with Crippen molar-refractivity contribution in [1.82, 2.24) is 45.5 Å². The fraction of sp³-hybridized carbons (Fsp3) is 0.143. The van der Waals surface area contributed by atoms with E-state index in [4.69, 9.17) is 16.7 Å². The van der Waals surface area contributed by atoms with E-state index in [1.54, 1.807) is 54.7 Å². The second kappa shape index (κ2) is 12.8. The van der Waals surface area contributed by atoms with Gasteiger partial charge in [-0.05, 0) is 71.5 Å².